The van der Waals surface area contributed by atoms with Crippen molar-refractivity contribution in [2.24, 2.45) is 5.73 Å². The number of nitrogens with zero attached hydrogens (tertiary/aromatic N) is 1. The third-order valence-corrected chi connectivity index (χ3v) is 8.97. The number of hydrogen-bond acceptors (Lipinski definition) is 11. The summed E-state index contributed by atoms with van der Waals surface area (Å²) in [7, 11) is -11.7. The Bertz CT molecular complexity index is 1720. The number of nitro benzene ring substituents is 1. The standard InChI is InChI=1S/C13H16N2O9.C12H10F4O6P2/c14-12(20)13(5-16)10(18)9(8(17)11(19)24-13)23-7-4-2-1-3-6(7)15(21)22;13-11(14,23(17,18)19)9-3-1-7-2-4-10(6-8(7)5-9)12(15,16)24(20,21)22/h1-4,8-11,16-19H,5H2,(H2,14,20);1-6H,(H2,17,18,19)(H2,20,21,22)/t8-,9-,10-,11+,13-;/m1./s1. The molecular weight excluding hydrogens is 706 g/mol. The van der Waals surface area contributed by atoms with E-state index in [9.17, 15) is 62.0 Å². The van der Waals surface area contributed by atoms with Crippen LogP contribution < -0.4 is 10.5 Å². The number of primary amides is 1. The maximum absolute atomic E-state index is 13.7. The molecular formula is C25H26F4N2O15P2. The van der Waals surface area contributed by atoms with E-state index >= 15 is 0 Å². The summed E-state index contributed by atoms with van der Waals surface area (Å²) in [6.07, 6.45) is -7.62. The maximum atomic E-state index is 13.7. The average Bonchev–Trinajstić information content (AvgIpc) is 2.99. The number of aliphatic hydroxyl groups excluding tert-OH is 4. The van der Waals surface area contributed by atoms with Crippen molar-refractivity contribution >= 4 is 37.6 Å². The molecule has 1 fully saturated rings. The highest BCUT2D eigenvalue weighted by molar-refractivity contribution is 7.52. The van der Waals surface area contributed by atoms with Gasteiger partial charge in [0, 0.05) is 17.2 Å². The highest BCUT2D eigenvalue weighted by Gasteiger charge is 2.59. The Morgan fingerprint density at radius 2 is 1.40 bits per heavy atom. The lowest BCUT2D eigenvalue weighted by atomic mass is 9.86. The Hall–Kier alpha value is -3.59. The largest absolute Gasteiger partial charge is 0.478 e. The summed E-state index contributed by atoms with van der Waals surface area (Å²) in [5, 5.41) is 50.2. The predicted octanol–water partition coefficient (Wildman–Crippen LogP) is 0.923. The number of ether oxygens (including phenoxy) is 2. The molecule has 264 valence electrons. The smallest absolute Gasteiger partial charge is 0.399 e. The minimum atomic E-state index is -5.85. The average molecular weight is 732 g/mol. The molecule has 0 bridgehead atoms. The number of fused-ring (bicyclic) bond motifs is 1. The zero-order valence-corrected chi connectivity index (χ0v) is 25.4. The van der Waals surface area contributed by atoms with Crippen LogP contribution in [0, 0.1) is 10.1 Å². The van der Waals surface area contributed by atoms with Crippen LogP contribution in [0.4, 0.5) is 23.2 Å². The van der Waals surface area contributed by atoms with Gasteiger partial charge in [0.25, 0.3) is 5.91 Å². The highest BCUT2D eigenvalue weighted by atomic mass is 31.2. The monoisotopic (exact) mass is 732 g/mol. The lowest BCUT2D eigenvalue weighted by Gasteiger charge is -2.45. The number of nitrogens with two attached hydrogens (primary N) is 1. The summed E-state index contributed by atoms with van der Waals surface area (Å²) in [6.45, 7) is -1.11. The fourth-order valence-electron chi connectivity index (χ4n) is 4.33. The number of carbonyl (C=O) groups excluding carboxylic acids is 1. The molecule has 17 nitrogen and oxygen atoms in total. The maximum Gasteiger partial charge on any atom is 0.399 e. The van der Waals surface area contributed by atoms with Gasteiger partial charge in [-0.25, -0.2) is 0 Å². The molecule has 1 aliphatic heterocycles. The zero-order chi connectivity index (χ0) is 36.6. The second kappa shape index (κ2) is 13.7. The summed E-state index contributed by atoms with van der Waals surface area (Å²) in [4.78, 5) is 56.6. The van der Waals surface area contributed by atoms with Gasteiger partial charge in [0.15, 0.2) is 18.1 Å². The molecule has 48 heavy (non-hydrogen) atoms. The molecule has 3 aromatic carbocycles. The molecule has 23 heteroatoms. The molecule has 3 aromatic rings. The quantitative estimate of drug-likeness (QED) is 0.0640. The van der Waals surface area contributed by atoms with E-state index in [0.717, 1.165) is 30.3 Å². The van der Waals surface area contributed by atoms with E-state index < -0.39 is 91.0 Å². The number of carbonyl (C=O) groups is 1. The Morgan fingerprint density at radius 3 is 1.81 bits per heavy atom. The summed E-state index contributed by atoms with van der Waals surface area (Å²) in [5.41, 5.74) is -9.10. The summed E-state index contributed by atoms with van der Waals surface area (Å²) in [6, 6.07) is 9.75. The van der Waals surface area contributed by atoms with Crippen molar-refractivity contribution in [3.05, 3.63) is 81.9 Å². The van der Waals surface area contributed by atoms with Crippen LogP contribution in [0.25, 0.3) is 10.8 Å². The lowest BCUT2D eigenvalue weighted by Crippen LogP contribution is -2.71. The molecule has 1 aliphatic rings. The molecule has 0 radical (unpaired) electrons. The fourth-order valence-corrected chi connectivity index (χ4v) is 5.28. The van der Waals surface area contributed by atoms with Crippen molar-refractivity contribution < 1.29 is 85.9 Å². The minimum absolute atomic E-state index is 0.158. The molecule has 10 N–H and O–H groups in total. The molecule has 4 rings (SSSR count). The van der Waals surface area contributed by atoms with E-state index in [0.29, 0.717) is 12.1 Å². The summed E-state index contributed by atoms with van der Waals surface area (Å²) < 4.78 is 86.5. The second-order valence-corrected chi connectivity index (χ2v) is 13.4. The van der Waals surface area contributed by atoms with E-state index in [1.54, 1.807) is 0 Å². The molecule has 5 atom stereocenters. The minimum Gasteiger partial charge on any atom is -0.478 e. The van der Waals surface area contributed by atoms with Crippen LogP contribution in [-0.4, -0.2) is 87.6 Å². The van der Waals surface area contributed by atoms with Gasteiger partial charge in [0.2, 0.25) is 5.60 Å². The number of para-hydroxylation sites is 2. The number of nitro groups is 1. The van der Waals surface area contributed by atoms with Gasteiger partial charge in [-0.05, 0) is 29.0 Å². The van der Waals surface area contributed by atoms with Crippen LogP contribution in [0.15, 0.2) is 60.7 Å². The van der Waals surface area contributed by atoms with Crippen LogP contribution in [0.3, 0.4) is 0 Å². The number of rotatable bonds is 9. The second-order valence-electron chi connectivity index (χ2n) is 10.1. The number of halogens is 4. The number of benzene rings is 3. The third kappa shape index (κ3) is 7.36. The Labute approximate surface area is 265 Å². The van der Waals surface area contributed by atoms with Gasteiger partial charge >= 0.3 is 32.2 Å². The van der Waals surface area contributed by atoms with Crippen molar-refractivity contribution in [2.45, 2.75) is 41.5 Å². The normalized spacial score (nSPS) is 23.6. The molecule has 0 unspecified atom stereocenters. The number of amides is 1. The van der Waals surface area contributed by atoms with Gasteiger partial charge in [0.05, 0.1) is 11.5 Å². The first kappa shape index (κ1) is 38.9. The number of alkyl halides is 4. The van der Waals surface area contributed by atoms with Gasteiger partial charge in [-0.3, -0.25) is 24.0 Å². The van der Waals surface area contributed by atoms with Gasteiger partial charge in [-0.1, -0.05) is 36.4 Å². The first-order valence-electron chi connectivity index (χ1n) is 12.9. The van der Waals surface area contributed by atoms with Crippen LogP contribution >= 0.6 is 15.2 Å². The van der Waals surface area contributed by atoms with Crippen LogP contribution in [0.1, 0.15) is 11.1 Å². The van der Waals surface area contributed by atoms with Crippen molar-refractivity contribution in [1.29, 1.82) is 0 Å². The van der Waals surface area contributed by atoms with Gasteiger partial charge < -0.3 is 55.2 Å². The Balaban J connectivity index is 0.000000260. The van der Waals surface area contributed by atoms with E-state index in [1.807, 2.05) is 0 Å². The molecule has 0 aliphatic carbocycles. The van der Waals surface area contributed by atoms with E-state index in [4.69, 9.17) is 34.8 Å². The molecule has 1 amide bonds. The van der Waals surface area contributed by atoms with Crippen molar-refractivity contribution in [3.63, 3.8) is 0 Å². The fraction of sp³-hybridized carbons (Fsp3) is 0.320. The van der Waals surface area contributed by atoms with E-state index in [1.165, 1.54) is 18.2 Å². The van der Waals surface area contributed by atoms with E-state index in [2.05, 4.69) is 0 Å². The Morgan fingerprint density at radius 1 is 0.917 bits per heavy atom. The molecule has 0 aromatic heterocycles. The lowest BCUT2D eigenvalue weighted by molar-refractivity contribution is -0.386. The summed E-state index contributed by atoms with van der Waals surface area (Å²) >= 11 is 0. The van der Waals surface area contributed by atoms with Gasteiger partial charge in [-0.2, -0.15) is 17.6 Å². The zero-order valence-electron chi connectivity index (χ0n) is 23.7. The summed E-state index contributed by atoms with van der Waals surface area (Å²) in [5.74, 6) is -1.63. The number of hydrogen-bond donors (Lipinski definition) is 9. The first-order valence-corrected chi connectivity index (χ1v) is 16.1. The van der Waals surface area contributed by atoms with Crippen molar-refractivity contribution in [1.82, 2.24) is 0 Å². The first-order chi connectivity index (χ1) is 21.9. The van der Waals surface area contributed by atoms with Crippen molar-refractivity contribution in [3.8, 4) is 5.75 Å². The third-order valence-electron chi connectivity index (χ3n) is 6.99. The van der Waals surface area contributed by atoms with Gasteiger partial charge in [-0.15, -0.1) is 0 Å². The topological polar surface area (TPSA) is 301 Å². The highest BCUT2D eigenvalue weighted by Crippen LogP contribution is 2.61. The number of aliphatic hydroxyl groups is 4. The molecule has 0 saturated carbocycles. The van der Waals surface area contributed by atoms with Crippen molar-refractivity contribution in [2.75, 3.05) is 6.61 Å². The molecule has 1 saturated heterocycles. The molecule has 0 spiro atoms. The van der Waals surface area contributed by atoms with E-state index in [-0.39, 0.29) is 16.5 Å². The molecule has 1 heterocycles. The SMILES string of the molecule is NC(=O)[C@]1(CO)O[C@H](O)[C@H](O)[C@@H](Oc2ccccc2[N+](=O)[O-])[C@H]1O.O=P(O)(O)C(F)(F)c1ccc2ccc(C(F)(F)P(=O)(O)O)cc2c1. The van der Waals surface area contributed by atoms with Crippen LogP contribution in [0.2, 0.25) is 0 Å². The Kier molecular flexibility index (Phi) is 11.1. The van der Waals surface area contributed by atoms with Crippen LogP contribution in [0.5, 0.6) is 5.75 Å². The van der Waals surface area contributed by atoms with Crippen LogP contribution in [-0.2, 0) is 30.0 Å². The van der Waals surface area contributed by atoms with Gasteiger partial charge in [0.1, 0.15) is 12.2 Å². The predicted molar refractivity (Wildman–Crippen MR) is 151 cm³/mol.